The van der Waals surface area contributed by atoms with Gasteiger partial charge in [0, 0.05) is 12.0 Å². The first-order valence-corrected chi connectivity index (χ1v) is 5.62. The lowest BCUT2D eigenvalue weighted by atomic mass is 9.96. The van der Waals surface area contributed by atoms with Gasteiger partial charge in [0.1, 0.15) is 0 Å². The number of rotatable bonds is 4. The molecule has 0 radical (unpaired) electrons. The summed E-state index contributed by atoms with van der Waals surface area (Å²) in [6.07, 6.45) is 4.45. The van der Waals surface area contributed by atoms with Gasteiger partial charge in [-0.25, -0.2) is 0 Å². The first-order valence-electron chi connectivity index (χ1n) is 5.62. The first-order chi connectivity index (χ1) is 6.29. The maximum Gasteiger partial charge on any atom is 0.0607 e. The van der Waals surface area contributed by atoms with Crippen molar-refractivity contribution < 1.29 is 4.74 Å². The summed E-state index contributed by atoms with van der Waals surface area (Å²) in [6, 6.07) is 0. The highest BCUT2D eigenvalue weighted by atomic mass is 16.5. The number of nitrogens with one attached hydrogen (secondary N) is 1. The highest BCUT2D eigenvalue weighted by Crippen LogP contribution is 2.60. The smallest absolute Gasteiger partial charge is 0.0607 e. The minimum Gasteiger partial charge on any atom is -0.378 e. The van der Waals surface area contributed by atoms with Gasteiger partial charge in [-0.05, 0) is 45.2 Å². The fourth-order valence-corrected chi connectivity index (χ4v) is 2.73. The summed E-state index contributed by atoms with van der Waals surface area (Å²) in [5.74, 6) is 0.900. The Morgan fingerprint density at radius 1 is 1.54 bits per heavy atom. The minimum atomic E-state index is 0.515. The molecule has 1 aliphatic heterocycles. The van der Waals surface area contributed by atoms with E-state index in [-0.39, 0.29) is 0 Å². The van der Waals surface area contributed by atoms with Crippen LogP contribution >= 0.6 is 0 Å². The SMILES string of the molecule is CCCNCC1CC12CCOC2C. The zero-order chi connectivity index (χ0) is 9.31. The van der Waals surface area contributed by atoms with Gasteiger partial charge in [0.25, 0.3) is 0 Å². The Balaban J connectivity index is 1.74. The number of hydrogen-bond acceptors (Lipinski definition) is 2. The van der Waals surface area contributed by atoms with E-state index in [2.05, 4.69) is 19.2 Å². The van der Waals surface area contributed by atoms with Crippen LogP contribution in [0, 0.1) is 11.3 Å². The fraction of sp³-hybridized carbons (Fsp3) is 1.00. The van der Waals surface area contributed by atoms with Crippen LogP contribution in [0.1, 0.15) is 33.1 Å². The van der Waals surface area contributed by atoms with Crippen LogP contribution in [-0.2, 0) is 4.74 Å². The Labute approximate surface area is 81.0 Å². The van der Waals surface area contributed by atoms with Gasteiger partial charge >= 0.3 is 0 Å². The Hall–Kier alpha value is -0.0800. The van der Waals surface area contributed by atoms with Crippen molar-refractivity contribution in [1.29, 1.82) is 0 Å². The van der Waals surface area contributed by atoms with Crippen LogP contribution in [0.2, 0.25) is 0 Å². The highest BCUT2D eigenvalue weighted by Gasteiger charge is 2.59. The molecule has 3 unspecified atom stereocenters. The van der Waals surface area contributed by atoms with Crippen LogP contribution < -0.4 is 5.32 Å². The molecule has 1 saturated heterocycles. The standard InChI is InChI=1S/C11H21NO/c1-3-5-12-8-10-7-11(10)4-6-13-9(11)2/h9-10,12H,3-8H2,1-2H3. The predicted molar refractivity (Wildman–Crippen MR) is 53.7 cm³/mol. The molecule has 2 aliphatic rings. The summed E-state index contributed by atoms with van der Waals surface area (Å²) in [6.45, 7) is 7.83. The second kappa shape index (κ2) is 3.58. The molecule has 1 heterocycles. The van der Waals surface area contributed by atoms with Gasteiger partial charge in [-0.15, -0.1) is 0 Å². The molecule has 2 rings (SSSR count). The van der Waals surface area contributed by atoms with E-state index in [4.69, 9.17) is 4.74 Å². The van der Waals surface area contributed by atoms with Crippen molar-refractivity contribution in [3.63, 3.8) is 0 Å². The summed E-state index contributed by atoms with van der Waals surface area (Å²) in [5.41, 5.74) is 0.584. The van der Waals surface area contributed by atoms with Crippen molar-refractivity contribution >= 4 is 0 Å². The second-order valence-corrected chi connectivity index (χ2v) is 4.60. The Bertz CT molecular complexity index is 183. The normalized spacial score (nSPS) is 42.9. The van der Waals surface area contributed by atoms with Crippen molar-refractivity contribution in [3.05, 3.63) is 0 Å². The molecule has 1 saturated carbocycles. The minimum absolute atomic E-state index is 0.515. The van der Waals surface area contributed by atoms with Crippen LogP contribution in [0.5, 0.6) is 0 Å². The van der Waals surface area contributed by atoms with Crippen molar-refractivity contribution in [1.82, 2.24) is 5.32 Å². The van der Waals surface area contributed by atoms with Gasteiger partial charge in [-0.1, -0.05) is 6.92 Å². The Kier molecular flexibility index (Phi) is 2.61. The van der Waals surface area contributed by atoms with E-state index in [0.717, 1.165) is 12.5 Å². The monoisotopic (exact) mass is 183 g/mol. The lowest BCUT2D eigenvalue weighted by Crippen LogP contribution is -2.23. The van der Waals surface area contributed by atoms with Gasteiger partial charge in [-0.2, -0.15) is 0 Å². The number of ether oxygens (including phenoxy) is 1. The molecular formula is C11H21NO. The predicted octanol–water partition coefficient (Wildman–Crippen LogP) is 1.80. The molecule has 2 nitrogen and oxygen atoms in total. The van der Waals surface area contributed by atoms with E-state index >= 15 is 0 Å². The highest BCUT2D eigenvalue weighted by molar-refractivity contribution is 5.08. The summed E-state index contributed by atoms with van der Waals surface area (Å²) in [4.78, 5) is 0. The van der Waals surface area contributed by atoms with Gasteiger partial charge in [-0.3, -0.25) is 0 Å². The quantitative estimate of drug-likeness (QED) is 0.671. The molecule has 3 atom stereocenters. The molecular weight excluding hydrogens is 162 g/mol. The lowest BCUT2D eigenvalue weighted by Gasteiger charge is -2.14. The Morgan fingerprint density at radius 3 is 3.00 bits per heavy atom. The maximum absolute atomic E-state index is 5.64. The average molecular weight is 183 g/mol. The van der Waals surface area contributed by atoms with Gasteiger partial charge in [0.2, 0.25) is 0 Å². The summed E-state index contributed by atoms with van der Waals surface area (Å²) in [7, 11) is 0. The van der Waals surface area contributed by atoms with Gasteiger partial charge in [0.05, 0.1) is 6.10 Å². The topological polar surface area (TPSA) is 21.3 Å². The van der Waals surface area contributed by atoms with Crippen LogP contribution in [0.3, 0.4) is 0 Å². The maximum atomic E-state index is 5.64. The second-order valence-electron chi connectivity index (χ2n) is 4.60. The molecule has 13 heavy (non-hydrogen) atoms. The first kappa shape index (κ1) is 9.47. The lowest BCUT2D eigenvalue weighted by molar-refractivity contribution is 0.0952. The average Bonchev–Trinajstić information content (AvgIpc) is 2.69. The molecule has 0 aromatic rings. The Morgan fingerprint density at radius 2 is 2.38 bits per heavy atom. The van der Waals surface area contributed by atoms with Crippen molar-refractivity contribution in [3.8, 4) is 0 Å². The molecule has 1 N–H and O–H groups in total. The third kappa shape index (κ3) is 1.62. The van der Waals surface area contributed by atoms with Crippen molar-refractivity contribution in [2.45, 2.75) is 39.2 Å². The van der Waals surface area contributed by atoms with E-state index in [1.165, 1.54) is 32.4 Å². The third-order valence-electron chi connectivity index (χ3n) is 3.84. The van der Waals surface area contributed by atoms with Crippen LogP contribution in [0.4, 0.5) is 0 Å². The summed E-state index contributed by atoms with van der Waals surface area (Å²) in [5, 5.41) is 3.51. The van der Waals surface area contributed by atoms with Crippen LogP contribution in [0.25, 0.3) is 0 Å². The van der Waals surface area contributed by atoms with E-state index in [9.17, 15) is 0 Å². The van der Waals surface area contributed by atoms with E-state index in [1.54, 1.807) is 0 Å². The van der Waals surface area contributed by atoms with Crippen LogP contribution in [0.15, 0.2) is 0 Å². The third-order valence-corrected chi connectivity index (χ3v) is 3.84. The van der Waals surface area contributed by atoms with Crippen molar-refractivity contribution in [2.24, 2.45) is 11.3 Å². The van der Waals surface area contributed by atoms with E-state index in [1.807, 2.05) is 0 Å². The summed E-state index contributed by atoms with van der Waals surface area (Å²) < 4.78 is 5.64. The number of hydrogen-bond donors (Lipinski definition) is 1. The molecule has 1 spiro atoms. The molecule has 76 valence electrons. The largest absolute Gasteiger partial charge is 0.378 e. The molecule has 0 bridgehead atoms. The van der Waals surface area contributed by atoms with Crippen molar-refractivity contribution in [2.75, 3.05) is 19.7 Å². The van der Waals surface area contributed by atoms with Gasteiger partial charge < -0.3 is 10.1 Å². The molecule has 2 fully saturated rings. The molecule has 1 aliphatic carbocycles. The zero-order valence-electron chi connectivity index (χ0n) is 8.81. The molecule has 0 aromatic carbocycles. The molecule has 2 heteroatoms. The molecule has 0 amide bonds. The zero-order valence-corrected chi connectivity index (χ0v) is 8.81. The fourth-order valence-electron chi connectivity index (χ4n) is 2.73. The van der Waals surface area contributed by atoms with Crippen LogP contribution in [-0.4, -0.2) is 25.8 Å². The van der Waals surface area contributed by atoms with E-state index in [0.29, 0.717) is 11.5 Å². The van der Waals surface area contributed by atoms with Gasteiger partial charge in [0.15, 0.2) is 0 Å². The van der Waals surface area contributed by atoms with E-state index < -0.39 is 0 Å². The molecule has 0 aromatic heterocycles. The summed E-state index contributed by atoms with van der Waals surface area (Å²) >= 11 is 0.